The minimum absolute atomic E-state index is 0.504. The number of nitrogens with two attached hydrogens (primary N) is 1. The van der Waals surface area contributed by atoms with E-state index in [1.165, 1.54) is 0 Å². The van der Waals surface area contributed by atoms with Gasteiger partial charge in [-0.3, -0.25) is 0 Å². The third-order valence-electron chi connectivity index (χ3n) is 1.94. The highest BCUT2D eigenvalue weighted by molar-refractivity contribution is 5.36. The predicted octanol–water partition coefficient (Wildman–Crippen LogP) is 0.807. The highest BCUT2D eigenvalue weighted by atomic mass is 15.4. The molecule has 0 aromatic carbocycles. The fourth-order valence-electron chi connectivity index (χ4n) is 1.12. The van der Waals surface area contributed by atoms with E-state index >= 15 is 0 Å². The standard InChI is InChI=1S/C9H11N5/c1-2-7-6-14(13-12-7)8-3-4-9(10)11-5-8/h3-6H,2H2,1H3,(H2,10,11). The molecule has 0 radical (unpaired) electrons. The van der Waals surface area contributed by atoms with Crippen molar-refractivity contribution < 1.29 is 0 Å². The molecular weight excluding hydrogens is 178 g/mol. The molecule has 5 nitrogen and oxygen atoms in total. The molecule has 0 amide bonds. The molecule has 72 valence electrons. The fraction of sp³-hybridized carbons (Fsp3) is 0.222. The van der Waals surface area contributed by atoms with Crippen LogP contribution >= 0.6 is 0 Å². The van der Waals surface area contributed by atoms with E-state index in [9.17, 15) is 0 Å². The van der Waals surface area contributed by atoms with Crippen LogP contribution < -0.4 is 5.73 Å². The molecule has 0 saturated heterocycles. The Balaban J connectivity index is 2.34. The van der Waals surface area contributed by atoms with Crippen molar-refractivity contribution in [3.05, 3.63) is 30.2 Å². The van der Waals surface area contributed by atoms with Crippen molar-refractivity contribution in [2.75, 3.05) is 5.73 Å². The summed E-state index contributed by atoms with van der Waals surface area (Å²) in [5.74, 6) is 0.504. The molecule has 14 heavy (non-hydrogen) atoms. The number of aromatic nitrogens is 4. The zero-order valence-electron chi connectivity index (χ0n) is 7.88. The third-order valence-corrected chi connectivity index (χ3v) is 1.94. The lowest BCUT2D eigenvalue weighted by molar-refractivity contribution is 0.795. The molecule has 0 aliphatic carbocycles. The van der Waals surface area contributed by atoms with Crippen LogP contribution in [0, 0.1) is 0 Å². The average Bonchev–Trinajstić information content (AvgIpc) is 2.67. The molecule has 0 aliphatic heterocycles. The molecule has 2 aromatic heterocycles. The zero-order valence-corrected chi connectivity index (χ0v) is 7.88. The highest BCUT2D eigenvalue weighted by Gasteiger charge is 2.00. The molecule has 0 fully saturated rings. The van der Waals surface area contributed by atoms with Crippen LogP contribution in [-0.2, 0) is 6.42 Å². The smallest absolute Gasteiger partial charge is 0.123 e. The van der Waals surface area contributed by atoms with Crippen LogP contribution in [0.5, 0.6) is 0 Å². The summed E-state index contributed by atoms with van der Waals surface area (Å²) in [7, 11) is 0. The number of nitrogens with zero attached hydrogens (tertiary/aromatic N) is 4. The van der Waals surface area contributed by atoms with Crippen LogP contribution in [0.15, 0.2) is 24.5 Å². The Morgan fingerprint density at radius 3 is 2.86 bits per heavy atom. The summed E-state index contributed by atoms with van der Waals surface area (Å²) >= 11 is 0. The second-order valence-electron chi connectivity index (χ2n) is 2.95. The van der Waals surface area contributed by atoms with Crippen molar-refractivity contribution in [2.45, 2.75) is 13.3 Å². The molecule has 5 heteroatoms. The molecule has 0 saturated carbocycles. The Morgan fingerprint density at radius 2 is 2.29 bits per heavy atom. The first-order valence-corrected chi connectivity index (χ1v) is 4.42. The Kier molecular flexibility index (Phi) is 2.14. The number of pyridine rings is 1. The van der Waals surface area contributed by atoms with E-state index in [1.54, 1.807) is 16.9 Å². The van der Waals surface area contributed by atoms with Gasteiger partial charge in [-0.15, -0.1) is 5.10 Å². The number of aryl methyl sites for hydroxylation is 1. The van der Waals surface area contributed by atoms with Gasteiger partial charge in [-0.1, -0.05) is 12.1 Å². The second kappa shape index (κ2) is 3.45. The number of anilines is 1. The monoisotopic (exact) mass is 189 g/mol. The summed E-state index contributed by atoms with van der Waals surface area (Å²) in [5.41, 5.74) is 7.31. The van der Waals surface area contributed by atoms with Gasteiger partial charge in [0.1, 0.15) is 5.82 Å². The largest absolute Gasteiger partial charge is 0.384 e. The summed E-state index contributed by atoms with van der Waals surface area (Å²) in [4.78, 5) is 3.98. The van der Waals surface area contributed by atoms with Gasteiger partial charge in [0, 0.05) is 0 Å². The molecule has 2 rings (SSSR count). The maximum absolute atomic E-state index is 5.48. The molecule has 2 aromatic rings. The topological polar surface area (TPSA) is 69.6 Å². The molecule has 0 atom stereocenters. The molecule has 0 aliphatic rings. The van der Waals surface area contributed by atoms with Gasteiger partial charge in [-0.2, -0.15) is 0 Å². The van der Waals surface area contributed by atoms with Gasteiger partial charge < -0.3 is 5.73 Å². The van der Waals surface area contributed by atoms with Crippen molar-refractivity contribution >= 4 is 5.82 Å². The molecule has 2 heterocycles. The van der Waals surface area contributed by atoms with E-state index in [4.69, 9.17) is 5.73 Å². The van der Waals surface area contributed by atoms with Gasteiger partial charge >= 0.3 is 0 Å². The lowest BCUT2D eigenvalue weighted by atomic mass is 10.3. The van der Waals surface area contributed by atoms with Crippen molar-refractivity contribution in [2.24, 2.45) is 0 Å². The van der Waals surface area contributed by atoms with Crippen molar-refractivity contribution in [1.82, 2.24) is 20.0 Å². The SMILES string of the molecule is CCc1cn(-c2ccc(N)nc2)nn1. The van der Waals surface area contributed by atoms with E-state index in [2.05, 4.69) is 15.3 Å². The molecule has 2 N–H and O–H groups in total. The summed E-state index contributed by atoms with van der Waals surface area (Å²) in [6.07, 6.45) is 4.43. The van der Waals surface area contributed by atoms with E-state index in [0.717, 1.165) is 17.8 Å². The molecular formula is C9H11N5. The second-order valence-corrected chi connectivity index (χ2v) is 2.95. The van der Waals surface area contributed by atoms with E-state index in [1.807, 2.05) is 19.2 Å². The lowest BCUT2D eigenvalue weighted by Gasteiger charge is -1.98. The first-order valence-electron chi connectivity index (χ1n) is 4.42. The van der Waals surface area contributed by atoms with Gasteiger partial charge in [0.2, 0.25) is 0 Å². The minimum Gasteiger partial charge on any atom is -0.384 e. The first-order chi connectivity index (χ1) is 6.79. The van der Waals surface area contributed by atoms with Crippen LogP contribution in [0.3, 0.4) is 0 Å². The Hall–Kier alpha value is -1.91. The van der Waals surface area contributed by atoms with Crippen LogP contribution in [-0.4, -0.2) is 20.0 Å². The van der Waals surface area contributed by atoms with Crippen molar-refractivity contribution in [3.63, 3.8) is 0 Å². The van der Waals surface area contributed by atoms with Crippen molar-refractivity contribution in [1.29, 1.82) is 0 Å². The van der Waals surface area contributed by atoms with Gasteiger partial charge in [0.25, 0.3) is 0 Å². The fourth-order valence-corrected chi connectivity index (χ4v) is 1.12. The van der Waals surface area contributed by atoms with Crippen LogP contribution in [0.1, 0.15) is 12.6 Å². The number of hydrogen-bond donors (Lipinski definition) is 1. The summed E-state index contributed by atoms with van der Waals surface area (Å²) in [6, 6.07) is 3.60. The van der Waals surface area contributed by atoms with Crippen molar-refractivity contribution in [3.8, 4) is 5.69 Å². The number of hydrogen-bond acceptors (Lipinski definition) is 4. The van der Waals surface area contributed by atoms with Crippen LogP contribution in [0.2, 0.25) is 0 Å². The van der Waals surface area contributed by atoms with E-state index in [-0.39, 0.29) is 0 Å². The van der Waals surface area contributed by atoms with Crippen LogP contribution in [0.25, 0.3) is 5.69 Å². The highest BCUT2D eigenvalue weighted by Crippen LogP contribution is 2.06. The quantitative estimate of drug-likeness (QED) is 0.758. The summed E-state index contributed by atoms with van der Waals surface area (Å²) in [6.45, 7) is 2.04. The Morgan fingerprint density at radius 1 is 1.43 bits per heavy atom. The van der Waals surface area contributed by atoms with Gasteiger partial charge in [-0.05, 0) is 18.6 Å². The lowest BCUT2D eigenvalue weighted by Crippen LogP contribution is -1.97. The maximum atomic E-state index is 5.48. The molecule has 0 spiro atoms. The average molecular weight is 189 g/mol. The number of nitrogen functional groups attached to an aromatic ring is 1. The predicted molar refractivity (Wildman–Crippen MR) is 52.9 cm³/mol. The van der Waals surface area contributed by atoms with Gasteiger partial charge in [-0.25, -0.2) is 9.67 Å². The molecule has 0 unspecified atom stereocenters. The molecule has 0 bridgehead atoms. The Bertz CT molecular complexity index is 417. The maximum Gasteiger partial charge on any atom is 0.123 e. The van der Waals surface area contributed by atoms with Gasteiger partial charge in [0.05, 0.1) is 23.8 Å². The van der Waals surface area contributed by atoms with E-state index in [0.29, 0.717) is 5.82 Å². The minimum atomic E-state index is 0.504. The summed E-state index contributed by atoms with van der Waals surface area (Å²) < 4.78 is 1.69. The Labute approximate surface area is 81.6 Å². The first kappa shape index (κ1) is 8.68. The third kappa shape index (κ3) is 1.56. The van der Waals surface area contributed by atoms with E-state index < -0.39 is 0 Å². The normalized spacial score (nSPS) is 10.4. The zero-order chi connectivity index (χ0) is 9.97. The summed E-state index contributed by atoms with van der Waals surface area (Å²) in [5, 5.41) is 7.96. The number of rotatable bonds is 2. The van der Waals surface area contributed by atoms with Gasteiger partial charge in [0.15, 0.2) is 0 Å². The van der Waals surface area contributed by atoms with Crippen LogP contribution in [0.4, 0.5) is 5.82 Å².